The Morgan fingerprint density at radius 3 is 2.43 bits per heavy atom. The monoisotopic (exact) mass is 205 g/mol. The van der Waals surface area contributed by atoms with Crippen LogP contribution in [-0.2, 0) is 4.74 Å². The van der Waals surface area contributed by atoms with Crippen molar-refractivity contribution >= 4 is 0 Å². The van der Waals surface area contributed by atoms with Gasteiger partial charge in [-0.15, -0.1) is 0 Å². The highest BCUT2D eigenvalue weighted by atomic mass is 16.6. The Bertz CT molecular complexity index is 244. The van der Waals surface area contributed by atoms with Crippen LogP contribution in [0, 0.1) is 0 Å². The maximum absolute atomic E-state index is 9.37. The van der Waals surface area contributed by atoms with Crippen molar-refractivity contribution in [1.82, 2.24) is 0 Å². The lowest BCUT2D eigenvalue weighted by molar-refractivity contribution is -0.248. The lowest BCUT2D eigenvalue weighted by Crippen LogP contribution is -2.57. The van der Waals surface area contributed by atoms with Crippen LogP contribution in [0.4, 0.5) is 0 Å². The standard InChI is InChI=1S/C6H11N3O5/c7-9-8-3-5(12)4(11)2(1-10)14-6(3)13/h2-6,10-13H,1H2/t2?,3-,4-,5?,6-/m1/s1. The summed E-state index contributed by atoms with van der Waals surface area (Å²) in [5, 5.41) is 39.7. The summed E-state index contributed by atoms with van der Waals surface area (Å²) >= 11 is 0. The maximum atomic E-state index is 9.37. The van der Waals surface area contributed by atoms with E-state index in [1.807, 2.05) is 0 Å². The van der Waals surface area contributed by atoms with Gasteiger partial charge in [-0.05, 0) is 5.53 Å². The number of ether oxygens (including phenoxy) is 1. The molecule has 5 atom stereocenters. The third kappa shape index (κ3) is 1.95. The van der Waals surface area contributed by atoms with Gasteiger partial charge in [0.15, 0.2) is 6.29 Å². The molecule has 1 fully saturated rings. The average molecular weight is 205 g/mol. The molecular formula is C6H11N3O5. The third-order valence-electron chi connectivity index (χ3n) is 2.05. The highest BCUT2D eigenvalue weighted by molar-refractivity contribution is 4.92. The van der Waals surface area contributed by atoms with Gasteiger partial charge in [-0.3, -0.25) is 0 Å². The highest BCUT2D eigenvalue weighted by Crippen LogP contribution is 2.21. The molecule has 8 nitrogen and oxygen atoms in total. The van der Waals surface area contributed by atoms with Crippen LogP contribution in [0.25, 0.3) is 10.4 Å². The summed E-state index contributed by atoms with van der Waals surface area (Å²) in [6, 6.07) is -1.27. The van der Waals surface area contributed by atoms with E-state index in [0.717, 1.165) is 0 Å². The molecule has 4 N–H and O–H groups in total. The number of aliphatic hydroxyl groups excluding tert-OH is 4. The minimum absolute atomic E-state index is 0.543. The van der Waals surface area contributed by atoms with Crippen molar-refractivity contribution in [2.24, 2.45) is 5.11 Å². The second-order valence-corrected chi connectivity index (χ2v) is 2.92. The summed E-state index contributed by atoms with van der Waals surface area (Å²) < 4.78 is 4.71. The van der Waals surface area contributed by atoms with E-state index in [2.05, 4.69) is 10.0 Å². The molecule has 1 rings (SSSR count). The van der Waals surface area contributed by atoms with E-state index in [4.69, 9.17) is 15.4 Å². The molecule has 2 unspecified atom stereocenters. The number of hydrogen-bond acceptors (Lipinski definition) is 6. The summed E-state index contributed by atoms with van der Waals surface area (Å²) in [5.41, 5.74) is 8.11. The summed E-state index contributed by atoms with van der Waals surface area (Å²) in [6.45, 7) is -0.543. The molecule has 0 amide bonds. The SMILES string of the molecule is [N-]=[N+]=N[C@@H]1C(O)[C@H](O)C(CO)O[C@H]1O. The Kier molecular flexibility index (Phi) is 3.64. The van der Waals surface area contributed by atoms with Gasteiger partial charge in [0, 0.05) is 4.91 Å². The maximum Gasteiger partial charge on any atom is 0.166 e. The van der Waals surface area contributed by atoms with Gasteiger partial charge in [-0.2, -0.15) is 0 Å². The number of hydrogen-bond donors (Lipinski definition) is 4. The lowest BCUT2D eigenvalue weighted by Gasteiger charge is -2.37. The summed E-state index contributed by atoms with van der Waals surface area (Å²) in [6.07, 6.45) is -5.45. The second-order valence-electron chi connectivity index (χ2n) is 2.92. The number of azide groups is 1. The van der Waals surface area contributed by atoms with Gasteiger partial charge < -0.3 is 25.2 Å². The van der Waals surface area contributed by atoms with Crippen molar-refractivity contribution in [3.05, 3.63) is 10.4 Å². The molecule has 1 heterocycles. The van der Waals surface area contributed by atoms with Crippen molar-refractivity contribution in [2.45, 2.75) is 30.6 Å². The fourth-order valence-electron chi connectivity index (χ4n) is 1.27. The minimum Gasteiger partial charge on any atom is -0.394 e. The zero-order valence-corrected chi connectivity index (χ0v) is 7.13. The molecule has 0 bridgehead atoms. The van der Waals surface area contributed by atoms with E-state index < -0.39 is 37.3 Å². The molecule has 0 aromatic heterocycles. The largest absolute Gasteiger partial charge is 0.394 e. The first-order chi connectivity index (χ1) is 6.61. The molecular weight excluding hydrogens is 194 g/mol. The molecule has 8 heteroatoms. The third-order valence-corrected chi connectivity index (χ3v) is 2.05. The smallest absolute Gasteiger partial charge is 0.166 e. The minimum atomic E-state index is -1.53. The highest BCUT2D eigenvalue weighted by Gasteiger charge is 2.43. The lowest BCUT2D eigenvalue weighted by atomic mass is 9.98. The molecule has 0 spiro atoms. The molecule has 0 aromatic carbocycles. The Labute approximate surface area is 79.0 Å². The topological polar surface area (TPSA) is 139 Å². The summed E-state index contributed by atoms with van der Waals surface area (Å²) in [7, 11) is 0. The van der Waals surface area contributed by atoms with Gasteiger partial charge in [-0.1, -0.05) is 5.11 Å². The first-order valence-electron chi connectivity index (χ1n) is 3.96. The van der Waals surface area contributed by atoms with Crippen LogP contribution in [0.15, 0.2) is 5.11 Å². The van der Waals surface area contributed by atoms with E-state index in [9.17, 15) is 15.3 Å². The average Bonchev–Trinajstić information content (AvgIpc) is 2.18. The van der Waals surface area contributed by atoms with Crippen molar-refractivity contribution in [2.75, 3.05) is 6.61 Å². The fraction of sp³-hybridized carbons (Fsp3) is 1.00. The van der Waals surface area contributed by atoms with Gasteiger partial charge >= 0.3 is 0 Å². The van der Waals surface area contributed by atoms with Gasteiger partial charge in [0.2, 0.25) is 0 Å². The Balaban J connectivity index is 2.78. The Morgan fingerprint density at radius 2 is 1.93 bits per heavy atom. The molecule has 0 saturated carbocycles. The van der Waals surface area contributed by atoms with Crippen LogP contribution in [0.5, 0.6) is 0 Å². The summed E-state index contributed by atoms with van der Waals surface area (Å²) in [4.78, 5) is 2.40. The molecule has 0 aliphatic carbocycles. The van der Waals surface area contributed by atoms with Crippen LogP contribution in [0.1, 0.15) is 0 Å². The molecule has 14 heavy (non-hydrogen) atoms. The van der Waals surface area contributed by atoms with E-state index in [1.54, 1.807) is 0 Å². The second kappa shape index (κ2) is 4.56. The first-order valence-corrected chi connectivity index (χ1v) is 3.96. The van der Waals surface area contributed by atoms with Gasteiger partial charge in [0.25, 0.3) is 0 Å². The number of rotatable bonds is 2. The van der Waals surface area contributed by atoms with Crippen LogP contribution >= 0.6 is 0 Å². The van der Waals surface area contributed by atoms with Gasteiger partial charge in [-0.25, -0.2) is 0 Å². The first kappa shape index (κ1) is 11.2. The molecule has 1 aliphatic heterocycles. The number of nitrogens with zero attached hydrogens (tertiary/aromatic N) is 3. The van der Waals surface area contributed by atoms with Crippen molar-refractivity contribution in [3.63, 3.8) is 0 Å². The van der Waals surface area contributed by atoms with E-state index >= 15 is 0 Å². The van der Waals surface area contributed by atoms with Crippen LogP contribution < -0.4 is 0 Å². The van der Waals surface area contributed by atoms with E-state index in [0.29, 0.717) is 0 Å². The predicted octanol–water partition coefficient (Wildman–Crippen LogP) is -1.90. The van der Waals surface area contributed by atoms with Crippen LogP contribution in [0.3, 0.4) is 0 Å². The normalized spacial score (nSPS) is 43.0. The molecule has 1 saturated heterocycles. The zero-order valence-electron chi connectivity index (χ0n) is 7.13. The Hall–Kier alpha value is -0.890. The van der Waals surface area contributed by atoms with Gasteiger partial charge in [0.05, 0.1) is 12.7 Å². The quantitative estimate of drug-likeness (QED) is 0.237. The molecule has 0 aromatic rings. The van der Waals surface area contributed by atoms with E-state index in [1.165, 1.54) is 0 Å². The molecule has 80 valence electrons. The zero-order chi connectivity index (χ0) is 10.7. The molecule has 0 radical (unpaired) electrons. The van der Waals surface area contributed by atoms with Crippen molar-refractivity contribution < 1.29 is 25.2 Å². The van der Waals surface area contributed by atoms with Crippen molar-refractivity contribution in [3.8, 4) is 0 Å². The van der Waals surface area contributed by atoms with E-state index in [-0.39, 0.29) is 0 Å². The summed E-state index contributed by atoms with van der Waals surface area (Å²) in [5.74, 6) is 0. The van der Waals surface area contributed by atoms with Crippen LogP contribution in [-0.4, -0.2) is 57.7 Å². The van der Waals surface area contributed by atoms with Crippen LogP contribution in [0.2, 0.25) is 0 Å². The Morgan fingerprint density at radius 1 is 1.29 bits per heavy atom. The molecule has 1 aliphatic rings. The van der Waals surface area contributed by atoms with Gasteiger partial charge in [0.1, 0.15) is 18.2 Å². The van der Waals surface area contributed by atoms with Crippen molar-refractivity contribution in [1.29, 1.82) is 0 Å². The number of aliphatic hydroxyl groups is 4. The predicted molar refractivity (Wildman–Crippen MR) is 42.9 cm³/mol. The fourth-order valence-corrected chi connectivity index (χ4v) is 1.27.